The highest BCUT2D eigenvalue weighted by molar-refractivity contribution is 4.99. The summed E-state index contributed by atoms with van der Waals surface area (Å²) in [4.78, 5) is 0. The second kappa shape index (κ2) is 5.27. The van der Waals surface area contributed by atoms with Gasteiger partial charge in [0.05, 0.1) is 11.2 Å². The van der Waals surface area contributed by atoms with E-state index in [1.807, 2.05) is 0 Å². The summed E-state index contributed by atoms with van der Waals surface area (Å²) < 4.78 is 6.11. The molecule has 0 spiro atoms. The van der Waals surface area contributed by atoms with Gasteiger partial charge in [-0.2, -0.15) is 0 Å². The van der Waals surface area contributed by atoms with Crippen LogP contribution in [-0.2, 0) is 4.74 Å². The predicted octanol–water partition coefficient (Wildman–Crippen LogP) is 3.75. The van der Waals surface area contributed by atoms with Crippen LogP contribution in [0.3, 0.4) is 0 Å². The van der Waals surface area contributed by atoms with E-state index in [2.05, 4.69) is 53.8 Å². The van der Waals surface area contributed by atoms with Gasteiger partial charge in [0, 0.05) is 12.1 Å². The van der Waals surface area contributed by atoms with Gasteiger partial charge in [-0.1, -0.05) is 13.8 Å². The fourth-order valence-corrected chi connectivity index (χ4v) is 2.83. The van der Waals surface area contributed by atoms with Crippen molar-refractivity contribution < 1.29 is 4.74 Å². The lowest BCUT2D eigenvalue weighted by molar-refractivity contribution is -0.0704. The maximum Gasteiger partial charge on any atom is 0.0787 e. The SMILES string of the molecule is CC(C)CCC(C)NC1CC(C)(C)OC1(C)C. The Morgan fingerprint density at radius 1 is 1.12 bits per heavy atom. The molecular formula is C15H31NO. The van der Waals surface area contributed by atoms with Crippen molar-refractivity contribution in [3.63, 3.8) is 0 Å². The monoisotopic (exact) mass is 241 g/mol. The first-order valence-corrected chi connectivity index (χ1v) is 7.08. The maximum atomic E-state index is 6.11. The van der Waals surface area contributed by atoms with Crippen LogP contribution in [0.1, 0.15) is 67.7 Å². The highest BCUT2D eigenvalue weighted by Gasteiger charge is 2.45. The Bertz CT molecular complexity index is 245. The largest absolute Gasteiger partial charge is 0.368 e. The van der Waals surface area contributed by atoms with E-state index in [1.165, 1.54) is 12.8 Å². The Morgan fingerprint density at radius 2 is 1.71 bits per heavy atom. The molecule has 2 unspecified atom stereocenters. The van der Waals surface area contributed by atoms with Crippen LogP contribution in [0.2, 0.25) is 0 Å². The fourth-order valence-electron chi connectivity index (χ4n) is 2.83. The Labute approximate surface area is 108 Å². The molecular weight excluding hydrogens is 210 g/mol. The molecule has 0 saturated carbocycles. The summed E-state index contributed by atoms with van der Waals surface area (Å²) in [5.41, 5.74) is -0.0332. The first-order chi connectivity index (χ1) is 7.62. The summed E-state index contributed by atoms with van der Waals surface area (Å²) in [6.45, 7) is 15.7. The molecule has 0 aromatic carbocycles. The van der Waals surface area contributed by atoms with E-state index in [1.54, 1.807) is 0 Å². The highest BCUT2D eigenvalue weighted by atomic mass is 16.5. The molecule has 17 heavy (non-hydrogen) atoms. The zero-order chi connectivity index (χ0) is 13.3. The standard InChI is InChI=1S/C15H31NO/c1-11(2)8-9-12(3)16-13-10-14(4,5)17-15(13,6)7/h11-13,16H,8-10H2,1-7H3. The lowest BCUT2D eigenvalue weighted by atomic mass is 9.93. The third-order valence-corrected chi connectivity index (χ3v) is 3.74. The van der Waals surface area contributed by atoms with Crippen LogP contribution < -0.4 is 5.32 Å². The summed E-state index contributed by atoms with van der Waals surface area (Å²) in [5.74, 6) is 0.795. The average molecular weight is 241 g/mol. The van der Waals surface area contributed by atoms with Crippen LogP contribution >= 0.6 is 0 Å². The summed E-state index contributed by atoms with van der Waals surface area (Å²) in [7, 11) is 0. The number of rotatable bonds is 5. The highest BCUT2D eigenvalue weighted by Crippen LogP contribution is 2.37. The summed E-state index contributed by atoms with van der Waals surface area (Å²) in [6.07, 6.45) is 3.66. The second-order valence-corrected chi connectivity index (χ2v) is 7.26. The lowest BCUT2D eigenvalue weighted by Crippen LogP contribution is -2.47. The molecule has 1 N–H and O–H groups in total. The molecule has 2 atom stereocenters. The molecule has 2 nitrogen and oxygen atoms in total. The van der Waals surface area contributed by atoms with Gasteiger partial charge in [0.1, 0.15) is 0 Å². The molecule has 0 aliphatic carbocycles. The van der Waals surface area contributed by atoms with Crippen molar-refractivity contribution in [1.29, 1.82) is 0 Å². The first kappa shape index (κ1) is 15.0. The normalized spacial score (nSPS) is 28.6. The third kappa shape index (κ3) is 4.59. The summed E-state index contributed by atoms with van der Waals surface area (Å²) >= 11 is 0. The van der Waals surface area contributed by atoms with Crippen LogP contribution in [0.4, 0.5) is 0 Å². The van der Waals surface area contributed by atoms with Crippen LogP contribution in [0.5, 0.6) is 0 Å². The van der Waals surface area contributed by atoms with Gasteiger partial charge in [0.25, 0.3) is 0 Å². The van der Waals surface area contributed by atoms with Crippen molar-refractivity contribution in [2.24, 2.45) is 5.92 Å². The van der Waals surface area contributed by atoms with Crippen molar-refractivity contribution in [3.05, 3.63) is 0 Å². The molecule has 1 aliphatic rings. The molecule has 0 radical (unpaired) electrons. The Kier molecular flexibility index (Phi) is 4.65. The van der Waals surface area contributed by atoms with Gasteiger partial charge in [-0.05, 0) is 59.8 Å². The van der Waals surface area contributed by atoms with Gasteiger partial charge in [0.15, 0.2) is 0 Å². The minimum absolute atomic E-state index is 0.0128. The molecule has 0 aromatic rings. The van der Waals surface area contributed by atoms with Gasteiger partial charge >= 0.3 is 0 Å². The molecule has 0 bridgehead atoms. The van der Waals surface area contributed by atoms with Gasteiger partial charge < -0.3 is 10.1 Å². The molecule has 0 aromatic heterocycles. The van der Waals surface area contributed by atoms with E-state index in [4.69, 9.17) is 4.74 Å². The lowest BCUT2D eigenvalue weighted by Gasteiger charge is -2.30. The van der Waals surface area contributed by atoms with Crippen molar-refractivity contribution in [2.45, 2.75) is 91.0 Å². The zero-order valence-electron chi connectivity index (χ0n) is 12.8. The minimum atomic E-state index is -0.0460. The van der Waals surface area contributed by atoms with Crippen molar-refractivity contribution in [3.8, 4) is 0 Å². The van der Waals surface area contributed by atoms with Crippen molar-refractivity contribution in [1.82, 2.24) is 5.32 Å². The maximum absolute atomic E-state index is 6.11. The number of hydrogen-bond donors (Lipinski definition) is 1. The van der Waals surface area contributed by atoms with E-state index >= 15 is 0 Å². The molecule has 1 aliphatic heterocycles. The second-order valence-electron chi connectivity index (χ2n) is 7.26. The minimum Gasteiger partial charge on any atom is -0.368 e. The molecule has 1 fully saturated rings. The van der Waals surface area contributed by atoms with Crippen LogP contribution in [0.15, 0.2) is 0 Å². The zero-order valence-corrected chi connectivity index (χ0v) is 12.8. The van der Waals surface area contributed by atoms with Gasteiger partial charge in [0.2, 0.25) is 0 Å². The summed E-state index contributed by atoms with van der Waals surface area (Å²) in [6, 6.07) is 1.05. The fraction of sp³-hybridized carbons (Fsp3) is 1.00. The molecule has 1 rings (SSSR count). The van der Waals surface area contributed by atoms with E-state index < -0.39 is 0 Å². The smallest absolute Gasteiger partial charge is 0.0787 e. The Balaban J connectivity index is 2.46. The van der Waals surface area contributed by atoms with E-state index in [0.717, 1.165) is 12.3 Å². The Hall–Kier alpha value is -0.0800. The molecule has 1 heterocycles. The van der Waals surface area contributed by atoms with Crippen LogP contribution in [0, 0.1) is 5.92 Å². The predicted molar refractivity (Wildman–Crippen MR) is 74.3 cm³/mol. The Morgan fingerprint density at radius 3 is 2.12 bits per heavy atom. The number of nitrogens with one attached hydrogen (secondary N) is 1. The van der Waals surface area contributed by atoms with E-state index in [-0.39, 0.29) is 11.2 Å². The molecule has 2 heteroatoms. The third-order valence-electron chi connectivity index (χ3n) is 3.74. The first-order valence-electron chi connectivity index (χ1n) is 7.08. The van der Waals surface area contributed by atoms with Gasteiger partial charge in [-0.25, -0.2) is 0 Å². The van der Waals surface area contributed by atoms with Crippen molar-refractivity contribution >= 4 is 0 Å². The summed E-state index contributed by atoms with van der Waals surface area (Å²) in [5, 5.41) is 3.76. The van der Waals surface area contributed by atoms with E-state index in [9.17, 15) is 0 Å². The molecule has 1 saturated heterocycles. The van der Waals surface area contributed by atoms with E-state index in [0.29, 0.717) is 12.1 Å². The van der Waals surface area contributed by atoms with Crippen LogP contribution in [0.25, 0.3) is 0 Å². The van der Waals surface area contributed by atoms with Crippen LogP contribution in [-0.4, -0.2) is 23.3 Å². The van der Waals surface area contributed by atoms with Gasteiger partial charge in [-0.15, -0.1) is 0 Å². The van der Waals surface area contributed by atoms with Gasteiger partial charge in [-0.3, -0.25) is 0 Å². The molecule has 0 amide bonds. The number of hydrogen-bond acceptors (Lipinski definition) is 2. The molecule has 102 valence electrons. The average Bonchev–Trinajstić information content (AvgIpc) is 2.31. The number of ether oxygens (including phenoxy) is 1. The van der Waals surface area contributed by atoms with Crippen molar-refractivity contribution in [2.75, 3.05) is 0 Å². The topological polar surface area (TPSA) is 21.3 Å². The quantitative estimate of drug-likeness (QED) is 0.791.